The number of aryl methyl sites for hydroxylation is 2. The lowest BCUT2D eigenvalue weighted by Crippen LogP contribution is -2.02. The molecule has 2 heteroatoms. The normalized spacial score (nSPS) is 18.9. The minimum atomic E-state index is 0.438. The van der Waals surface area contributed by atoms with Crippen molar-refractivity contribution in [1.82, 2.24) is 0 Å². The molecule has 0 heterocycles. The summed E-state index contributed by atoms with van der Waals surface area (Å²) in [4.78, 5) is 0. The van der Waals surface area contributed by atoms with Crippen molar-refractivity contribution in [2.45, 2.75) is 26.2 Å². The van der Waals surface area contributed by atoms with E-state index in [1.54, 1.807) is 14.2 Å². The van der Waals surface area contributed by atoms with E-state index in [1.165, 1.54) is 55.3 Å². The van der Waals surface area contributed by atoms with Crippen LogP contribution in [0.25, 0.3) is 21.9 Å². The Kier molecular flexibility index (Phi) is 4.76. The van der Waals surface area contributed by atoms with Crippen LogP contribution >= 0.6 is 0 Å². The third-order valence-corrected chi connectivity index (χ3v) is 7.40. The molecule has 1 unspecified atom stereocenters. The van der Waals surface area contributed by atoms with Crippen molar-refractivity contribution in [2.24, 2.45) is 5.92 Å². The summed E-state index contributed by atoms with van der Waals surface area (Å²) in [6.45, 7) is 2.38. The van der Waals surface area contributed by atoms with Gasteiger partial charge in [-0.3, -0.25) is 0 Å². The van der Waals surface area contributed by atoms with Crippen molar-refractivity contribution < 1.29 is 9.47 Å². The van der Waals surface area contributed by atoms with Gasteiger partial charge in [0.2, 0.25) is 0 Å². The molecule has 2 aliphatic carbocycles. The Labute approximate surface area is 195 Å². The first-order valence-electron chi connectivity index (χ1n) is 11.8. The van der Waals surface area contributed by atoms with E-state index in [4.69, 9.17) is 9.47 Å². The van der Waals surface area contributed by atoms with Gasteiger partial charge in [0, 0.05) is 0 Å². The van der Waals surface area contributed by atoms with Gasteiger partial charge in [-0.25, -0.2) is 0 Å². The maximum Gasteiger partial charge on any atom is 0.161 e. The minimum Gasteiger partial charge on any atom is -0.493 e. The first-order chi connectivity index (χ1) is 16.2. The first kappa shape index (κ1) is 20.1. The Morgan fingerprint density at radius 1 is 0.697 bits per heavy atom. The third-order valence-electron chi connectivity index (χ3n) is 7.40. The van der Waals surface area contributed by atoms with Crippen LogP contribution in [-0.4, -0.2) is 14.2 Å². The summed E-state index contributed by atoms with van der Waals surface area (Å²) in [5, 5.41) is 2.66. The maximum atomic E-state index is 5.76. The van der Waals surface area contributed by atoms with Crippen LogP contribution in [0.3, 0.4) is 0 Å². The quantitative estimate of drug-likeness (QED) is 0.336. The zero-order valence-electron chi connectivity index (χ0n) is 19.4. The Morgan fingerprint density at radius 2 is 1.42 bits per heavy atom. The third kappa shape index (κ3) is 3.08. The van der Waals surface area contributed by atoms with Crippen LogP contribution in [0.4, 0.5) is 0 Å². The van der Waals surface area contributed by atoms with E-state index in [0.717, 1.165) is 30.8 Å². The predicted octanol–water partition coefficient (Wildman–Crippen LogP) is 7.11. The second-order valence-corrected chi connectivity index (χ2v) is 9.24. The van der Waals surface area contributed by atoms with Crippen molar-refractivity contribution in [3.05, 3.63) is 106 Å². The van der Waals surface area contributed by atoms with Gasteiger partial charge in [0.25, 0.3) is 0 Å². The number of benzene rings is 4. The monoisotopic (exact) mass is 432 g/mol. The fraction of sp³-hybridized carbons (Fsp3) is 0.226. The molecule has 0 bridgehead atoms. The van der Waals surface area contributed by atoms with Crippen LogP contribution in [0.15, 0.2) is 72.8 Å². The summed E-state index contributed by atoms with van der Waals surface area (Å²) in [6, 6.07) is 26.7. The summed E-state index contributed by atoms with van der Waals surface area (Å²) >= 11 is 0. The molecule has 6 rings (SSSR count). The molecule has 0 amide bonds. The lowest BCUT2D eigenvalue weighted by Gasteiger charge is -2.21. The first-order valence-corrected chi connectivity index (χ1v) is 11.8. The number of rotatable bonds is 2. The molecule has 0 radical (unpaired) electrons. The second kappa shape index (κ2) is 7.81. The van der Waals surface area contributed by atoms with Crippen LogP contribution < -0.4 is 9.47 Å². The van der Waals surface area contributed by atoms with E-state index in [-0.39, 0.29) is 0 Å². The number of hydrogen-bond acceptors (Lipinski definition) is 2. The van der Waals surface area contributed by atoms with Gasteiger partial charge in [0.15, 0.2) is 11.5 Å². The molecule has 0 aromatic heterocycles. The summed E-state index contributed by atoms with van der Waals surface area (Å²) < 4.78 is 11.4. The van der Waals surface area contributed by atoms with Gasteiger partial charge < -0.3 is 9.47 Å². The molecule has 33 heavy (non-hydrogen) atoms. The fourth-order valence-electron chi connectivity index (χ4n) is 5.90. The highest BCUT2D eigenvalue weighted by Crippen LogP contribution is 2.50. The molecule has 0 saturated heterocycles. The van der Waals surface area contributed by atoms with Gasteiger partial charge in [-0.1, -0.05) is 67.6 Å². The smallest absolute Gasteiger partial charge is 0.161 e. The van der Waals surface area contributed by atoms with Gasteiger partial charge in [0.05, 0.1) is 14.2 Å². The molecule has 1 atom stereocenters. The Balaban J connectivity index is 1.76. The topological polar surface area (TPSA) is 18.5 Å². The van der Waals surface area contributed by atoms with Gasteiger partial charge in [-0.15, -0.1) is 0 Å². The van der Waals surface area contributed by atoms with E-state index in [2.05, 4.69) is 79.7 Å². The number of methoxy groups -OCH3 is 2. The predicted molar refractivity (Wildman–Crippen MR) is 136 cm³/mol. The van der Waals surface area contributed by atoms with Crippen molar-refractivity contribution in [3.8, 4) is 11.5 Å². The van der Waals surface area contributed by atoms with E-state index < -0.39 is 0 Å². The van der Waals surface area contributed by atoms with Crippen LogP contribution in [0.1, 0.15) is 40.3 Å². The van der Waals surface area contributed by atoms with E-state index in [0.29, 0.717) is 5.92 Å². The maximum absolute atomic E-state index is 5.76. The number of hydrogen-bond donors (Lipinski definition) is 0. The molecule has 2 aliphatic rings. The number of allylic oxidation sites excluding steroid dienone is 1. The van der Waals surface area contributed by atoms with Crippen molar-refractivity contribution in [1.29, 1.82) is 0 Å². The summed E-state index contributed by atoms with van der Waals surface area (Å²) in [5.41, 5.74) is 11.1. The minimum absolute atomic E-state index is 0.438. The fourth-order valence-corrected chi connectivity index (χ4v) is 5.90. The molecule has 0 fully saturated rings. The van der Waals surface area contributed by atoms with Gasteiger partial charge >= 0.3 is 0 Å². The Hall–Kier alpha value is -3.52. The van der Waals surface area contributed by atoms with Crippen LogP contribution in [0, 0.1) is 5.92 Å². The summed E-state index contributed by atoms with van der Waals surface area (Å²) in [5.74, 6) is 2.03. The van der Waals surface area contributed by atoms with Crippen LogP contribution in [0.2, 0.25) is 0 Å². The molecule has 0 saturated carbocycles. The molecule has 4 aromatic rings. The highest BCUT2D eigenvalue weighted by atomic mass is 16.5. The molecular formula is C31H28O2. The highest BCUT2D eigenvalue weighted by molar-refractivity contribution is 6.09. The highest BCUT2D eigenvalue weighted by Gasteiger charge is 2.32. The van der Waals surface area contributed by atoms with Crippen molar-refractivity contribution in [3.63, 3.8) is 0 Å². The average molecular weight is 433 g/mol. The van der Waals surface area contributed by atoms with Gasteiger partial charge in [-0.05, 0) is 92.6 Å². The largest absolute Gasteiger partial charge is 0.493 e. The lowest BCUT2D eigenvalue weighted by molar-refractivity contribution is 0.354. The number of ether oxygens (including phenoxy) is 2. The van der Waals surface area contributed by atoms with Crippen molar-refractivity contribution in [2.75, 3.05) is 14.2 Å². The summed E-state index contributed by atoms with van der Waals surface area (Å²) in [6.07, 6.45) is 3.08. The Morgan fingerprint density at radius 3 is 2.27 bits per heavy atom. The SMILES string of the molecule is COc1cc2c(cc1OC)/C(=C1/c3c(ccc4ccccc34)CC1C)c1ccccc1CC2. The summed E-state index contributed by atoms with van der Waals surface area (Å²) in [7, 11) is 3.44. The van der Waals surface area contributed by atoms with Crippen molar-refractivity contribution >= 4 is 21.9 Å². The van der Waals surface area contributed by atoms with Crippen LogP contribution in [0.5, 0.6) is 11.5 Å². The second-order valence-electron chi connectivity index (χ2n) is 9.24. The lowest BCUT2D eigenvalue weighted by atomic mass is 9.84. The molecule has 0 spiro atoms. The van der Waals surface area contributed by atoms with Gasteiger partial charge in [0.1, 0.15) is 0 Å². The molecule has 2 nitrogen and oxygen atoms in total. The molecule has 0 N–H and O–H groups in total. The zero-order chi connectivity index (χ0) is 22.5. The Bertz CT molecular complexity index is 1430. The molecule has 4 aromatic carbocycles. The molecule has 0 aliphatic heterocycles. The van der Waals surface area contributed by atoms with Gasteiger partial charge in [-0.2, -0.15) is 0 Å². The van der Waals surface area contributed by atoms with E-state index >= 15 is 0 Å². The standard InChI is InChI=1S/C31H28O2/c1-19-16-23-15-13-20-8-4-6-10-24(20)30(23)29(19)31-25-11-7-5-9-21(25)12-14-22-17-27(32-2)28(33-3)18-26(22)31/h4-11,13,15,17-19H,12,14,16H2,1-3H3/b31-29+. The van der Waals surface area contributed by atoms with E-state index in [1.807, 2.05) is 0 Å². The van der Waals surface area contributed by atoms with Crippen LogP contribution in [-0.2, 0) is 19.3 Å². The zero-order valence-corrected chi connectivity index (χ0v) is 19.4. The molecular weight excluding hydrogens is 404 g/mol. The number of fused-ring (bicyclic) bond motifs is 5. The molecule has 164 valence electrons. The van der Waals surface area contributed by atoms with E-state index in [9.17, 15) is 0 Å². The average Bonchev–Trinajstić information content (AvgIpc) is 3.10.